The second kappa shape index (κ2) is 10.8. The molecular weight excluding hydrogens is 452 g/mol. The molecule has 36 heavy (non-hydrogen) atoms. The van der Waals surface area contributed by atoms with Gasteiger partial charge in [0.2, 0.25) is 0 Å². The van der Waals surface area contributed by atoms with E-state index < -0.39 is 11.9 Å². The fourth-order valence-electron chi connectivity index (χ4n) is 3.47. The number of carbonyl (C=O) groups excluding carboxylic acids is 2. The molecule has 4 rings (SSSR count). The number of hydrogen-bond acceptors (Lipinski definition) is 6. The molecule has 0 unspecified atom stereocenters. The van der Waals surface area contributed by atoms with Crippen LogP contribution in [0, 0.1) is 27.7 Å². The molecule has 0 fully saturated rings. The van der Waals surface area contributed by atoms with Gasteiger partial charge in [-0.05, 0) is 76.2 Å². The van der Waals surface area contributed by atoms with Crippen molar-refractivity contribution in [1.29, 1.82) is 0 Å². The lowest BCUT2D eigenvalue weighted by molar-refractivity contribution is -0.167. The van der Waals surface area contributed by atoms with Crippen LogP contribution < -0.4 is 10.1 Å². The quantitative estimate of drug-likeness (QED) is 0.223. The molecule has 0 amide bonds. The second-order valence-electron chi connectivity index (χ2n) is 8.69. The average molecular weight is 481 g/mol. The highest BCUT2D eigenvalue weighted by Gasteiger charge is 2.27. The molecule has 0 aromatic heterocycles. The summed E-state index contributed by atoms with van der Waals surface area (Å²) in [6.45, 7) is 7.87. The van der Waals surface area contributed by atoms with E-state index in [1.54, 1.807) is 0 Å². The number of nitrogens with zero attached hydrogens (tertiary/aromatic N) is 2. The van der Waals surface area contributed by atoms with Gasteiger partial charge in [-0.1, -0.05) is 70.8 Å². The molecule has 4 aromatic rings. The number of aryl methyl sites for hydroxylation is 4. The van der Waals surface area contributed by atoms with Crippen molar-refractivity contribution in [3.63, 3.8) is 0 Å². The second-order valence-corrected chi connectivity index (χ2v) is 8.69. The minimum atomic E-state index is -1.15. The van der Waals surface area contributed by atoms with E-state index in [1.807, 2.05) is 125 Å². The summed E-state index contributed by atoms with van der Waals surface area (Å²) in [5, 5.41) is 2.65. The molecule has 0 heterocycles. The lowest BCUT2D eigenvalue weighted by atomic mass is 10.2. The van der Waals surface area contributed by atoms with Crippen LogP contribution in [0.15, 0.2) is 97.1 Å². The van der Waals surface area contributed by atoms with Crippen LogP contribution in [0.3, 0.4) is 0 Å². The smallest absolute Gasteiger partial charge is 0.325 e. The summed E-state index contributed by atoms with van der Waals surface area (Å²) in [7, 11) is 0. The largest absolute Gasteiger partial charge is 0.444 e. The maximum Gasteiger partial charge on any atom is 0.444 e. The van der Waals surface area contributed by atoms with Crippen LogP contribution in [0.25, 0.3) is 0 Å². The van der Waals surface area contributed by atoms with Crippen molar-refractivity contribution in [1.82, 2.24) is 0 Å². The molecule has 0 N–H and O–H groups in total. The Morgan fingerprint density at radius 2 is 0.611 bits per heavy atom. The Morgan fingerprint density at radius 1 is 0.417 bits per heavy atom. The highest BCUT2D eigenvalue weighted by Crippen LogP contribution is 2.29. The van der Waals surface area contributed by atoms with Crippen LogP contribution in [-0.4, -0.2) is 11.9 Å². The number of carbonyl (C=O) groups is 2. The van der Waals surface area contributed by atoms with Gasteiger partial charge in [0.1, 0.15) is 0 Å². The van der Waals surface area contributed by atoms with Crippen molar-refractivity contribution in [3.05, 3.63) is 119 Å². The van der Waals surface area contributed by atoms with Crippen molar-refractivity contribution in [3.8, 4) is 0 Å². The molecule has 0 saturated carbocycles. The van der Waals surface area contributed by atoms with Gasteiger partial charge in [0.15, 0.2) is 0 Å². The van der Waals surface area contributed by atoms with E-state index in [0.29, 0.717) is 22.7 Å². The average Bonchev–Trinajstić information content (AvgIpc) is 2.88. The highest BCUT2D eigenvalue weighted by molar-refractivity contribution is 6.30. The summed E-state index contributed by atoms with van der Waals surface area (Å²) in [5.74, 6) is -2.30. The number of benzene rings is 4. The molecule has 0 aliphatic heterocycles. The van der Waals surface area contributed by atoms with E-state index in [1.165, 1.54) is 10.1 Å². The van der Waals surface area contributed by atoms with E-state index >= 15 is 0 Å². The summed E-state index contributed by atoms with van der Waals surface area (Å²) in [6, 6.07) is 29.8. The maximum atomic E-state index is 13.0. The molecule has 0 aliphatic carbocycles. The Kier molecular flexibility index (Phi) is 7.35. The summed E-state index contributed by atoms with van der Waals surface area (Å²) in [5.41, 5.74) is 6.61. The van der Waals surface area contributed by atoms with E-state index in [9.17, 15) is 9.59 Å². The van der Waals surface area contributed by atoms with Crippen molar-refractivity contribution in [2.75, 3.05) is 10.1 Å². The first kappa shape index (κ1) is 24.5. The first-order valence-corrected chi connectivity index (χ1v) is 11.6. The van der Waals surface area contributed by atoms with E-state index in [2.05, 4.69) is 0 Å². The SMILES string of the molecule is Cc1ccc(N(OC(=O)C(=O)ON(c2ccc(C)cc2)c2ccc(C)cc2)c2ccc(C)cc2)cc1. The van der Waals surface area contributed by atoms with Gasteiger partial charge in [-0.3, -0.25) is 0 Å². The summed E-state index contributed by atoms with van der Waals surface area (Å²) < 4.78 is 0. The molecule has 0 bridgehead atoms. The zero-order valence-corrected chi connectivity index (χ0v) is 20.8. The number of hydrogen-bond donors (Lipinski definition) is 0. The molecule has 6 heteroatoms. The van der Waals surface area contributed by atoms with Crippen LogP contribution in [0.1, 0.15) is 22.3 Å². The molecule has 182 valence electrons. The van der Waals surface area contributed by atoms with Crippen LogP contribution in [0.5, 0.6) is 0 Å². The Bertz CT molecular complexity index is 1130. The summed E-state index contributed by atoms with van der Waals surface area (Å²) >= 11 is 0. The van der Waals surface area contributed by atoms with Gasteiger partial charge in [0, 0.05) is 0 Å². The predicted octanol–water partition coefficient (Wildman–Crippen LogP) is 6.81. The van der Waals surface area contributed by atoms with Gasteiger partial charge in [0.25, 0.3) is 0 Å². The van der Waals surface area contributed by atoms with E-state index in [4.69, 9.17) is 9.68 Å². The highest BCUT2D eigenvalue weighted by atomic mass is 16.8. The third kappa shape index (κ3) is 5.91. The fraction of sp³-hybridized carbons (Fsp3) is 0.133. The molecule has 4 aromatic carbocycles. The van der Waals surface area contributed by atoms with E-state index in [0.717, 1.165) is 22.3 Å². The number of rotatable bonds is 6. The third-order valence-corrected chi connectivity index (χ3v) is 5.59. The minimum Gasteiger partial charge on any atom is -0.325 e. The van der Waals surface area contributed by atoms with Crippen LogP contribution in [0.4, 0.5) is 22.7 Å². The third-order valence-electron chi connectivity index (χ3n) is 5.59. The van der Waals surface area contributed by atoms with Gasteiger partial charge in [-0.15, -0.1) is 0 Å². The molecule has 0 spiro atoms. The zero-order valence-electron chi connectivity index (χ0n) is 20.8. The minimum absolute atomic E-state index is 0.597. The monoisotopic (exact) mass is 480 g/mol. The molecule has 0 radical (unpaired) electrons. The summed E-state index contributed by atoms with van der Waals surface area (Å²) in [6.07, 6.45) is 0. The lowest BCUT2D eigenvalue weighted by Gasteiger charge is -2.25. The van der Waals surface area contributed by atoms with Crippen molar-refractivity contribution in [2.45, 2.75) is 27.7 Å². The molecular formula is C30H28N2O4. The Labute approximate surface area is 211 Å². The standard InChI is InChI=1S/C30H28N2O4/c1-21-5-13-25(14-6-21)31(26-15-7-22(2)8-16-26)35-29(33)30(34)36-32(27-17-9-23(3)10-18-27)28-19-11-24(4)12-20-28/h5-20H,1-4H3. The van der Waals surface area contributed by atoms with E-state index in [-0.39, 0.29) is 0 Å². The maximum absolute atomic E-state index is 13.0. The zero-order chi connectivity index (χ0) is 25.7. The Hall–Kier alpha value is -4.58. The van der Waals surface area contributed by atoms with Crippen LogP contribution in [0.2, 0.25) is 0 Å². The van der Waals surface area contributed by atoms with Gasteiger partial charge < -0.3 is 9.68 Å². The summed E-state index contributed by atoms with van der Waals surface area (Å²) in [4.78, 5) is 37.1. The van der Waals surface area contributed by atoms with Gasteiger partial charge >= 0.3 is 11.9 Å². The van der Waals surface area contributed by atoms with Gasteiger partial charge in [0.05, 0.1) is 22.7 Å². The fourth-order valence-corrected chi connectivity index (χ4v) is 3.47. The first-order valence-electron chi connectivity index (χ1n) is 11.6. The van der Waals surface area contributed by atoms with Crippen molar-refractivity contribution >= 4 is 34.7 Å². The number of anilines is 4. The Balaban J connectivity index is 1.60. The predicted molar refractivity (Wildman–Crippen MR) is 141 cm³/mol. The van der Waals surface area contributed by atoms with Gasteiger partial charge in [-0.25, -0.2) is 9.59 Å². The lowest BCUT2D eigenvalue weighted by Crippen LogP contribution is -2.33. The molecule has 0 atom stereocenters. The molecule has 0 aliphatic rings. The van der Waals surface area contributed by atoms with Gasteiger partial charge in [-0.2, -0.15) is 10.1 Å². The molecule has 6 nitrogen and oxygen atoms in total. The Morgan fingerprint density at radius 3 is 0.806 bits per heavy atom. The van der Waals surface area contributed by atoms with Crippen LogP contribution in [-0.2, 0) is 19.3 Å². The van der Waals surface area contributed by atoms with Crippen LogP contribution >= 0.6 is 0 Å². The normalized spacial score (nSPS) is 10.4. The topological polar surface area (TPSA) is 59.1 Å². The molecule has 0 saturated heterocycles. The first-order chi connectivity index (χ1) is 17.3. The van der Waals surface area contributed by atoms with Crippen molar-refractivity contribution in [2.24, 2.45) is 0 Å². The van der Waals surface area contributed by atoms with Crippen molar-refractivity contribution < 1.29 is 19.3 Å².